The molecule has 6 heteroatoms. The average molecular weight is 421 g/mol. The van der Waals surface area contributed by atoms with Gasteiger partial charge in [0, 0.05) is 11.1 Å². The highest BCUT2D eigenvalue weighted by atomic mass is 19.1. The van der Waals surface area contributed by atoms with Crippen molar-refractivity contribution in [3.63, 3.8) is 0 Å². The molecule has 0 spiro atoms. The van der Waals surface area contributed by atoms with Crippen LogP contribution in [0.25, 0.3) is 22.5 Å². The summed E-state index contributed by atoms with van der Waals surface area (Å²) in [5.74, 6) is 0.0259. The van der Waals surface area contributed by atoms with Crippen molar-refractivity contribution in [2.24, 2.45) is 5.10 Å². The van der Waals surface area contributed by atoms with Crippen molar-refractivity contribution < 1.29 is 4.39 Å². The fourth-order valence-electron chi connectivity index (χ4n) is 3.12. The fraction of sp³-hybridized carbons (Fsp3) is 0.0769. The van der Waals surface area contributed by atoms with E-state index in [1.807, 2.05) is 56.3 Å². The number of hydrogen-bond acceptors (Lipinski definition) is 5. The lowest BCUT2D eigenvalue weighted by Gasteiger charge is -2.09. The number of nitrogens with zero attached hydrogens (tertiary/aromatic N) is 4. The quantitative estimate of drug-likeness (QED) is 0.318. The van der Waals surface area contributed by atoms with Crippen molar-refractivity contribution in [1.29, 1.82) is 5.26 Å². The van der Waals surface area contributed by atoms with E-state index in [9.17, 15) is 4.39 Å². The molecule has 32 heavy (non-hydrogen) atoms. The Morgan fingerprint density at radius 1 is 0.875 bits per heavy atom. The molecule has 0 saturated carbocycles. The Morgan fingerprint density at radius 2 is 1.44 bits per heavy atom. The summed E-state index contributed by atoms with van der Waals surface area (Å²) in [6.45, 7) is 3.89. The van der Waals surface area contributed by atoms with Crippen LogP contribution in [0.2, 0.25) is 0 Å². The van der Waals surface area contributed by atoms with Gasteiger partial charge in [-0.25, -0.2) is 19.8 Å². The summed E-state index contributed by atoms with van der Waals surface area (Å²) in [5, 5.41) is 13.4. The molecule has 0 atom stereocenters. The Kier molecular flexibility index (Phi) is 6.00. The average Bonchev–Trinajstić information content (AvgIpc) is 2.83. The molecule has 4 aromatic rings. The van der Waals surface area contributed by atoms with Gasteiger partial charge in [-0.3, -0.25) is 0 Å². The van der Waals surface area contributed by atoms with E-state index in [0.717, 1.165) is 33.7 Å². The van der Waals surface area contributed by atoms with Crippen molar-refractivity contribution in [2.45, 2.75) is 13.8 Å². The summed E-state index contributed by atoms with van der Waals surface area (Å²) in [6.07, 6.45) is 0. The standard InChI is InChI=1S/C26H20FN5/c1-17-3-7-21(8-4-17)24-15-25(22-11-13-23(27)14-12-22)30-26(29-24)32-31-18(2)20-9-5-19(16-28)6-10-20/h3-15H,1-2H3,(H,29,30,32). The molecule has 1 heterocycles. The molecule has 0 aliphatic carbocycles. The molecule has 0 aliphatic heterocycles. The summed E-state index contributed by atoms with van der Waals surface area (Å²) in [6, 6.07) is 25.4. The molecule has 5 nitrogen and oxygen atoms in total. The number of anilines is 1. The normalized spacial score (nSPS) is 11.1. The number of aryl methyl sites for hydroxylation is 1. The van der Waals surface area contributed by atoms with Gasteiger partial charge in [0.05, 0.1) is 28.7 Å². The number of aromatic nitrogens is 2. The van der Waals surface area contributed by atoms with E-state index in [1.165, 1.54) is 12.1 Å². The summed E-state index contributed by atoms with van der Waals surface area (Å²) in [5.41, 5.74) is 9.39. The van der Waals surface area contributed by atoms with Gasteiger partial charge in [0.1, 0.15) is 5.82 Å². The van der Waals surface area contributed by atoms with Crippen LogP contribution in [0.15, 0.2) is 84.0 Å². The number of hydrazone groups is 1. The van der Waals surface area contributed by atoms with E-state index in [2.05, 4.69) is 26.6 Å². The molecule has 0 radical (unpaired) electrons. The second-order valence-electron chi connectivity index (χ2n) is 7.33. The maximum Gasteiger partial charge on any atom is 0.244 e. The van der Waals surface area contributed by atoms with Gasteiger partial charge in [-0.2, -0.15) is 10.4 Å². The van der Waals surface area contributed by atoms with Crippen molar-refractivity contribution in [2.75, 3.05) is 5.43 Å². The molecule has 0 bridgehead atoms. The summed E-state index contributed by atoms with van der Waals surface area (Å²) < 4.78 is 13.4. The fourth-order valence-corrected chi connectivity index (χ4v) is 3.12. The minimum absolute atomic E-state index is 0.303. The number of hydrogen-bond donors (Lipinski definition) is 1. The summed E-state index contributed by atoms with van der Waals surface area (Å²) in [4.78, 5) is 9.20. The molecule has 0 amide bonds. The highest BCUT2D eigenvalue weighted by Crippen LogP contribution is 2.26. The monoisotopic (exact) mass is 421 g/mol. The third kappa shape index (κ3) is 4.85. The lowest BCUT2D eigenvalue weighted by molar-refractivity contribution is 0.628. The molecule has 4 rings (SSSR count). The molecule has 0 unspecified atom stereocenters. The molecule has 0 fully saturated rings. The van der Waals surface area contributed by atoms with Crippen LogP contribution in [0.5, 0.6) is 0 Å². The van der Waals surface area contributed by atoms with Gasteiger partial charge in [0.15, 0.2) is 0 Å². The van der Waals surface area contributed by atoms with Gasteiger partial charge >= 0.3 is 0 Å². The highest BCUT2D eigenvalue weighted by molar-refractivity contribution is 5.99. The summed E-state index contributed by atoms with van der Waals surface area (Å²) in [7, 11) is 0. The largest absolute Gasteiger partial charge is 0.245 e. The zero-order valence-corrected chi connectivity index (χ0v) is 17.7. The van der Waals surface area contributed by atoms with Crippen LogP contribution in [0, 0.1) is 24.1 Å². The van der Waals surface area contributed by atoms with Gasteiger partial charge in [-0.1, -0.05) is 42.0 Å². The minimum atomic E-state index is -0.303. The first kappa shape index (κ1) is 20.9. The summed E-state index contributed by atoms with van der Waals surface area (Å²) >= 11 is 0. The van der Waals surface area contributed by atoms with Crippen LogP contribution in [0.1, 0.15) is 23.6 Å². The van der Waals surface area contributed by atoms with Crippen LogP contribution in [0.3, 0.4) is 0 Å². The van der Waals surface area contributed by atoms with Crippen molar-refractivity contribution in [3.05, 3.63) is 101 Å². The first-order valence-electron chi connectivity index (χ1n) is 10.0. The van der Waals surface area contributed by atoms with Crippen LogP contribution < -0.4 is 5.43 Å². The smallest absolute Gasteiger partial charge is 0.244 e. The zero-order valence-electron chi connectivity index (χ0n) is 17.7. The molecule has 1 aromatic heterocycles. The third-order valence-electron chi connectivity index (χ3n) is 4.97. The van der Waals surface area contributed by atoms with Crippen LogP contribution in [0.4, 0.5) is 10.3 Å². The molecule has 156 valence electrons. The maximum atomic E-state index is 13.4. The maximum absolute atomic E-state index is 13.4. The highest BCUT2D eigenvalue weighted by Gasteiger charge is 2.09. The number of halogens is 1. The van der Waals surface area contributed by atoms with E-state index in [0.29, 0.717) is 17.2 Å². The second-order valence-corrected chi connectivity index (χ2v) is 7.33. The van der Waals surface area contributed by atoms with Gasteiger partial charge in [0.2, 0.25) is 5.95 Å². The van der Waals surface area contributed by atoms with Gasteiger partial charge < -0.3 is 0 Å². The minimum Gasteiger partial charge on any atom is -0.245 e. The Labute approximate surface area is 185 Å². The molecule has 0 saturated heterocycles. The number of rotatable bonds is 5. The lowest BCUT2D eigenvalue weighted by atomic mass is 10.1. The number of nitrogens with one attached hydrogen (secondary N) is 1. The lowest BCUT2D eigenvalue weighted by Crippen LogP contribution is -2.04. The van der Waals surface area contributed by atoms with Gasteiger partial charge in [0.25, 0.3) is 0 Å². The Hall–Kier alpha value is -4.37. The SMILES string of the molecule is CC(=NNc1nc(-c2ccc(C)cc2)cc(-c2ccc(F)cc2)n1)c1ccc(C#N)cc1. The van der Waals surface area contributed by atoms with E-state index < -0.39 is 0 Å². The first-order chi connectivity index (χ1) is 15.5. The van der Waals surface area contributed by atoms with E-state index >= 15 is 0 Å². The van der Waals surface area contributed by atoms with Crippen LogP contribution >= 0.6 is 0 Å². The Bertz CT molecular complexity index is 1240. The van der Waals surface area contributed by atoms with E-state index in [1.54, 1.807) is 24.3 Å². The van der Waals surface area contributed by atoms with Crippen molar-refractivity contribution >= 4 is 11.7 Å². The first-order valence-corrected chi connectivity index (χ1v) is 10.0. The van der Waals surface area contributed by atoms with Crippen molar-refractivity contribution in [3.8, 4) is 28.6 Å². The van der Waals surface area contributed by atoms with Crippen molar-refractivity contribution in [1.82, 2.24) is 9.97 Å². The van der Waals surface area contributed by atoms with Crippen LogP contribution in [-0.4, -0.2) is 15.7 Å². The van der Waals surface area contributed by atoms with Gasteiger partial charge in [-0.15, -0.1) is 0 Å². The van der Waals surface area contributed by atoms with E-state index in [4.69, 9.17) is 5.26 Å². The second kappa shape index (κ2) is 9.19. The Morgan fingerprint density at radius 3 is 2.00 bits per heavy atom. The van der Waals surface area contributed by atoms with Gasteiger partial charge in [-0.05, 0) is 61.9 Å². The number of nitriles is 1. The third-order valence-corrected chi connectivity index (χ3v) is 4.97. The predicted molar refractivity (Wildman–Crippen MR) is 125 cm³/mol. The van der Waals surface area contributed by atoms with Crippen LogP contribution in [-0.2, 0) is 0 Å². The number of benzene rings is 3. The molecule has 3 aromatic carbocycles. The van der Waals surface area contributed by atoms with E-state index in [-0.39, 0.29) is 5.82 Å². The predicted octanol–water partition coefficient (Wildman–Crippen LogP) is 5.97. The topological polar surface area (TPSA) is 74.0 Å². The Balaban J connectivity index is 1.70. The molecule has 1 N–H and O–H groups in total. The molecule has 0 aliphatic rings. The zero-order chi connectivity index (χ0) is 22.5. The molecular formula is C26H20FN5. The molecular weight excluding hydrogens is 401 g/mol.